The van der Waals surface area contributed by atoms with Gasteiger partial charge in [0.15, 0.2) is 18.2 Å². The van der Waals surface area contributed by atoms with Crippen molar-refractivity contribution in [2.24, 2.45) is 34.5 Å². The van der Waals surface area contributed by atoms with Gasteiger partial charge < -0.3 is 28.8 Å². The van der Waals surface area contributed by atoms with Crippen LogP contribution < -0.4 is 0 Å². The van der Waals surface area contributed by atoms with Gasteiger partial charge in [0.1, 0.15) is 19.0 Å². The van der Waals surface area contributed by atoms with E-state index in [-0.39, 0.29) is 60.6 Å². The molecule has 0 radical (unpaired) electrons. The molecule has 6 aliphatic rings. The van der Waals surface area contributed by atoms with Gasteiger partial charge in [0.05, 0.1) is 17.8 Å². The molecule has 12 atom stereocenters. The Balaban J connectivity index is 0.00000353. The highest BCUT2D eigenvalue weighted by Crippen LogP contribution is 2.85. The first-order chi connectivity index (χ1) is 19.4. The molecule has 9 unspecified atom stereocenters. The standard InChI is InChI=1S/C31H44O9S.H2S/c1-17(34)38-27(28(2,3)36)22-7-6-21-26(40-22)25(35)24-20-5-4-18-14-19(39-23(15-33)37-13-12-32)8-9-29(18)16-30(20,29)10-11-31(21,24)41;/h12,15,18-24,26-27,36,41H,4-11,13-14,16H2,1-3H3;1H2/t18?,19-,20?,21?,22?,23?,24?,26?,27-,29?,30-,31?;/m0./s1. The zero-order chi connectivity index (χ0) is 29.4. The largest absolute Gasteiger partial charge is 0.457 e. The first-order valence-electron chi connectivity index (χ1n) is 15.4. The van der Waals surface area contributed by atoms with Crippen molar-refractivity contribution in [2.75, 3.05) is 6.61 Å². The Hall–Kier alpha value is -0.980. The second kappa shape index (κ2) is 11.4. The minimum atomic E-state index is -1.30. The summed E-state index contributed by atoms with van der Waals surface area (Å²) in [6.45, 7) is 4.38. The SMILES string of the molecule is CC(=O)O[C@@H](C1CCC2C(O1)C(=O)C1C3CCC4C[C@@H](OC(C=O)OCC=O)CCC45C[C@@]35CCC21S)C(C)(C)O.S. The van der Waals surface area contributed by atoms with E-state index in [9.17, 15) is 24.3 Å². The molecule has 236 valence electrons. The zero-order valence-corrected chi connectivity index (χ0v) is 26.7. The Morgan fingerprint density at radius 3 is 2.52 bits per heavy atom. The van der Waals surface area contributed by atoms with Crippen molar-refractivity contribution >= 4 is 50.4 Å². The van der Waals surface area contributed by atoms with Gasteiger partial charge in [-0.3, -0.25) is 14.4 Å². The number of ether oxygens (including phenoxy) is 4. The first-order valence-corrected chi connectivity index (χ1v) is 15.8. The molecule has 0 amide bonds. The van der Waals surface area contributed by atoms with Crippen LogP contribution in [0.2, 0.25) is 0 Å². The molecule has 1 N–H and O–H groups in total. The minimum absolute atomic E-state index is 0. The molecule has 6 fully saturated rings. The molecule has 0 aromatic carbocycles. The van der Waals surface area contributed by atoms with Gasteiger partial charge in [-0.25, -0.2) is 0 Å². The maximum absolute atomic E-state index is 14.2. The fraction of sp³-hybridized carbons (Fsp3) is 0.871. The first kappa shape index (κ1) is 32.4. The van der Waals surface area contributed by atoms with Gasteiger partial charge >= 0.3 is 5.97 Å². The van der Waals surface area contributed by atoms with Crippen LogP contribution in [0.15, 0.2) is 0 Å². The van der Waals surface area contributed by atoms with E-state index in [1.165, 1.54) is 6.92 Å². The topological polar surface area (TPSA) is 125 Å². The summed E-state index contributed by atoms with van der Waals surface area (Å²) in [6, 6.07) is 0. The number of carbonyl (C=O) groups is 4. The number of hydrogen-bond donors (Lipinski definition) is 2. The molecule has 5 aliphatic carbocycles. The van der Waals surface area contributed by atoms with Gasteiger partial charge in [0.25, 0.3) is 0 Å². The summed E-state index contributed by atoms with van der Waals surface area (Å²) < 4.78 is 22.8. The number of ketones is 1. The highest BCUT2D eigenvalue weighted by molar-refractivity contribution is 7.82. The molecule has 9 nitrogen and oxygen atoms in total. The van der Waals surface area contributed by atoms with E-state index in [0.717, 1.165) is 57.8 Å². The van der Waals surface area contributed by atoms with Crippen LogP contribution in [-0.2, 0) is 38.1 Å². The number of esters is 1. The molecular weight excluding hydrogens is 580 g/mol. The van der Waals surface area contributed by atoms with E-state index in [1.807, 2.05) is 0 Å². The molecule has 2 spiro atoms. The third kappa shape index (κ3) is 4.92. The van der Waals surface area contributed by atoms with Crippen LogP contribution in [-0.4, -0.2) is 77.1 Å². The van der Waals surface area contributed by atoms with Crippen molar-refractivity contribution in [1.82, 2.24) is 0 Å². The molecule has 1 heterocycles. The van der Waals surface area contributed by atoms with E-state index in [2.05, 4.69) is 0 Å². The second-order valence-electron chi connectivity index (χ2n) is 14.2. The van der Waals surface area contributed by atoms with Crippen molar-refractivity contribution in [1.29, 1.82) is 0 Å². The average Bonchev–Trinajstić information content (AvgIpc) is 3.54. The van der Waals surface area contributed by atoms with Crippen LogP contribution in [0.5, 0.6) is 0 Å². The Morgan fingerprint density at radius 1 is 1.12 bits per heavy atom. The molecule has 0 aromatic heterocycles. The summed E-state index contributed by atoms with van der Waals surface area (Å²) in [7, 11) is 0. The van der Waals surface area contributed by atoms with Crippen molar-refractivity contribution in [2.45, 2.75) is 126 Å². The van der Waals surface area contributed by atoms with E-state index in [0.29, 0.717) is 24.9 Å². The fourth-order valence-corrected chi connectivity index (χ4v) is 11.2. The average molecular weight is 627 g/mol. The lowest BCUT2D eigenvalue weighted by Crippen LogP contribution is -2.54. The molecule has 0 bridgehead atoms. The quantitative estimate of drug-likeness (QED) is 0.172. The Labute approximate surface area is 260 Å². The Bertz CT molecular complexity index is 1090. The number of hydrogen-bond acceptors (Lipinski definition) is 10. The maximum Gasteiger partial charge on any atom is 0.303 e. The van der Waals surface area contributed by atoms with Gasteiger partial charge in [-0.15, -0.1) is 0 Å². The van der Waals surface area contributed by atoms with E-state index < -0.39 is 40.9 Å². The summed E-state index contributed by atoms with van der Waals surface area (Å²) >= 11 is 5.33. The monoisotopic (exact) mass is 626 g/mol. The molecule has 11 heteroatoms. The molecule has 6 rings (SSSR count). The van der Waals surface area contributed by atoms with Crippen LogP contribution in [0.4, 0.5) is 0 Å². The van der Waals surface area contributed by atoms with Crippen LogP contribution in [0.1, 0.15) is 85.0 Å². The predicted octanol–water partition coefficient (Wildman–Crippen LogP) is 3.34. The number of aliphatic hydroxyl groups is 1. The summed E-state index contributed by atoms with van der Waals surface area (Å²) in [6.07, 6.45) is 7.35. The third-order valence-corrected chi connectivity index (χ3v) is 12.8. The van der Waals surface area contributed by atoms with Gasteiger partial charge in [0.2, 0.25) is 6.29 Å². The van der Waals surface area contributed by atoms with Crippen LogP contribution in [0, 0.1) is 34.5 Å². The normalized spacial score (nSPS) is 45.0. The van der Waals surface area contributed by atoms with Gasteiger partial charge in [-0.05, 0) is 101 Å². The molecule has 0 aromatic rings. The number of fused-ring (bicyclic) bond motifs is 4. The number of rotatable bonds is 9. The number of Topliss-reactive ketones (excluding diaryl/α,β-unsaturated/α-hetero) is 1. The fourth-order valence-electron chi connectivity index (χ4n) is 10.5. The number of thiol groups is 1. The molecule has 5 saturated carbocycles. The van der Waals surface area contributed by atoms with Crippen molar-refractivity contribution < 1.29 is 43.2 Å². The van der Waals surface area contributed by atoms with Crippen molar-refractivity contribution in [3.63, 3.8) is 0 Å². The second-order valence-corrected chi connectivity index (χ2v) is 15.1. The summed E-state index contributed by atoms with van der Waals surface area (Å²) in [5.41, 5.74) is -0.941. The summed E-state index contributed by atoms with van der Waals surface area (Å²) in [5, 5.41) is 10.8. The van der Waals surface area contributed by atoms with Gasteiger partial charge in [-0.1, -0.05) is 0 Å². The molecule has 1 saturated heterocycles. The molecule has 1 aliphatic heterocycles. The lowest BCUT2D eigenvalue weighted by molar-refractivity contribution is -0.197. The third-order valence-electron chi connectivity index (χ3n) is 12.0. The molecular formula is C31H46O9S2. The lowest BCUT2D eigenvalue weighted by Gasteiger charge is -2.55. The van der Waals surface area contributed by atoms with Crippen LogP contribution in [0.25, 0.3) is 0 Å². The van der Waals surface area contributed by atoms with Crippen LogP contribution in [0.3, 0.4) is 0 Å². The number of aldehydes is 2. The highest BCUT2D eigenvalue weighted by atomic mass is 32.1. The van der Waals surface area contributed by atoms with Crippen molar-refractivity contribution in [3.8, 4) is 0 Å². The smallest absolute Gasteiger partial charge is 0.303 e. The van der Waals surface area contributed by atoms with Gasteiger partial charge in [-0.2, -0.15) is 26.1 Å². The maximum atomic E-state index is 14.2. The summed E-state index contributed by atoms with van der Waals surface area (Å²) in [4.78, 5) is 48.1. The minimum Gasteiger partial charge on any atom is -0.457 e. The van der Waals surface area contributed by atoms with Gasteiger partial charge in [0, 0.05) is 23.5 Å². The lowest BCUT2D eigenvalue weighted by atomic mass is 9.52. The predicted molar refractivity (Wildman–Crippen MR) is 159 cm³/mol. The number of carbonyl (C=O) groups excluding carboxylic acids is 4. The summed E-state index contributed by atoms with van der Waals surface area (Å²) in [5.74, 6) is 0.287. The van der Waals surface area contributed by atoms with E-state index in [1.54, 1.807) is 13.8 Å². The Morgan fingerprint density at radius 2 is 1.86 bits per heavy atom. The highest BCUT2D eigenvalue weighted by Gasteiger charge is 2.80. The van der Waals surface area contributed by atoms with Crippen LogP contribution >= 0.6 is 26.1 Å². The zero-order valence-electron chi connectivity index (χ0n) is 24.8. The van der Waals surface area contributed by atoms with Crippen molar-refractivity contribution in [3.05, 3.63) is 0 Å². The molecule has 42 heavy (non-hydrogen) atoms. The van der Waals surface area contributed by atoms with E-state index in [4.69, 9.17) is 31.6 Å². The van der Waals surface area contributed by atoms with E-state index >= 15 is 0 Å². The Kier molecular flexibility index (Phi) is 8.82.